The molecule has 21 heavy (non-hydrogen) atoms. The van der Waals surface area contributed by atoms with E-state index in [1.807, 2.05) is 13.8 Å². The molecule has 0 aliphatic carbocycles. The number of hydrogen-bond donors (Lipinski definition) is 0. The molecular formula is C21H30. The lowest BCUT2D eigenvalue weighted by atomic mass is 10.1. The Labute approximate surface area is 131 Å². The van der Waals surface area contributed by atoms with Gasteiger partial charge in [-0.05, 0) is 25.0 Å². The van der Waals surface area contributed by atoms with Gasteiger partial charge in [0, 0.05) is 0 Å². The van der Waals surface area contributed by atoms with Crippen LogP contribution in [0.2, 0.25) is 0 Å². The van der Waals surface area contributed by atoms with Crippen molar-refractivity contribution in [3.63, 3.8) is 0 Å². The Hall–Kier alpha value is -1.82. The molecule has 2 aromatic rings. The van der Waals surface area contributed by atoms with Gasteiger partial charge < -0.3 is 0 Å². The molecular weight excluding hydrogens is 252 g/mol. The van der Waals surface area contributed by atoms with Gasteiger partial charge in [0.1, 0.15) is 0 Å². The first kappa shape index (κ1) is 19.2. The number of aryl methyl sites for hydroxylation is 2. The molecule has 0 saturated heterocycles. The van der Waals surface area contributed by atoms with Crippen LogP contribution in [0.4, 0.5) is 0 Å². The van der Waals surface area contributed by atoms with Crippen LogP contribution in [-0.2, 0) is 0 Å². The van der Waals surface area contributed by atoms with E-state index in [-0.39, 0.29) is 0 Å². The van der Waals surface area contributed by atoms with Crippen LogP contribution >= 0.6 is 0 Å². The van der Waals surface area contributed by atoms with Gasteiger partial charge >= 0.3 is 0 Å². The van der Waals surface area contributed by atoms with Crippen LogP contribution in [-0.4, -0.2) is 0 Å². The average Bonchev–Trinajstić information content (AvgIpc) is 2.51. The third-order valence-electron chi connectivity index (χ3n) is 2.62. The predicted octanol–water partition coefficient (Wildman–Crippen LogP) is 6.92. The summed E-state index contributed by atoms with van der Waals surface area (Å²) in [5.41, 5.74) is 5.08. The van der Waals surface area contributed by atoms with Crippen molar-refractivity contribution >= 4 is 12.2 Å². The highest BCUT2D eigenvalue weighted by Crippen LogP contribution is 2.10. The van der Waals surface area contributed by atoms with E-state index in [4.69, 9.17) is 0 Å². The van der Waals surface area contributed by atoms with E-state index in [9.17, 15) is 0 Å². The molecule has 0 saturated carbocycles. The Morgan fingerprint density at radius 3 is 1.10 bits per heavy atom. The topological polar surface area (TPSA) is 0 Å². The van der Waals surface area contributed by atoms with Crippen LogP contribution in [0.5, 0.6) is 0 Å². The summed E-state index contributed by atoms with van der Waals surface area (Å²) in [6.45, 7) is 12.5. The minimum atomic E-state index is 1.24. The molecule has 0 aliphatic heterocycles. The lowest BCUT2D eigenvalue weighted by molar-refractivity contribution is 1.09. The minimum absolute atomic E-state index is 1.24. The molecule has 0 bridgehead atoms. The zero-order valence-electron chi connectivity index (χ0n) is 14.5. The van der Waals surface area contributed by atoms with Gasteiger partial charge in [-0.1, -0.05) is 106 Å². The normalized spacial score (nSPS) is 9.43. The highest BCUT2D eigenvalue weighted by molar-refractivity contribution is 5.69. The monoisotopic (exact) mass is 282 g/mol. The average molecular weight is 282 g/mol. The van der Waals surface area contributed by atoms with E-state index in [1.54, 1.807) is 0 Å². The second kappa shape index (κ2) is 12.0. The van der Waals surface area contributed by atoms with Crippen LogP contribution in [0.25, 0.3) is 12.2 Å². The van der Waals surface area contributed by atoms with Gasteiger partial charge in [-0.2, -0.15) is 0 Å². The summed E-state index contributed by atoms with van der Waals surface area (Å²) in [5, 5.41) is 0. The third kappa shape index (κ3) is 8.86. The fourth-order valence-corrected chi connectivity index (χ4v) is 1.55. The van der Waals surface area contributed by atoms with E-state index in [1.165, 1.54) is 28.7 Å². The summed E-state index contributed by atoms with van der Waals surface area (Å²) >= 11 is 0. The second-order valence-corrected chi connectivity index (χ2v) is 4.86. The molecule has 0 spiro atoms. The van der Waals surface area contributed by atoms with E-state index in [0.29, 0.717) is 0 Å². The molecule has 0 heterocycles. The molecule has 0 nitrogen and oxygen atoms in total. The maximum atomic E-state index is 2.14. The van der Waals surface area contributed by atoms with E-state index >= 15 is 0 Å². The first-order valence-electron chi connectivity index (χ1n) is 7.97. The molecule has 0 N–H and O–H groups in total. The van der Waals surface area contributed by atoms with Crippen molar-refractivity contribution in [3.05, 3.63) is 70.8 Å². The summed E-state index contributed by atoms with van der Waals surface area (Å²) < 4.78 is 0. The van der Waals surface area contributed by atoms with Gasteiger partial charge in [-0.3, -0.25) is 0 Å². The van der Waals surface area contributed by atoms with Crippen LogP contribution in [0, 0.1) is 13.8 Å². The van der Waals surface area contributed by atoms with E-state index in [0.717, 1.165) is 0 Å². The Morgan fingerprint density at radius 2 is 0.857 bits per heavy atom. The SMILES string of the molecule is CC.CCC.Cc1ccc(/C=C/c2ccc(C)cc2)cc1. The molecule has 2 aromatic carbocycles. The highest BCUT2D eigenvalue weighted by Gasteiger charge is 1.88. The summed E-state index contributed by atoms with van der Waals surface area (Å²) in [4.78, 5) is 0. The van der Waals surface area contributed by atoms with Gasteiger partial charge in [0.2, 0.25) is 0 Å². The van der Waals surface area contributed by atoms with Crippen molar-refractivity contribution in [2.24, 2.45) is 0 Å². The summed E-state index contributed by atoms with van der Waals surface area (Å²) in [6.07, 6.45) is 5.54. The molecule has 0 atom stereocenters. The summed E-state index contributed by atoms with van der Waals surface area (Å²) in [6, 6.07) is 17.1. The van der Waals surface area contributed by atoms with Crippen molar-refractivity contribution in [1.29, 1.82) is 0 Å². The number of hydrogen-bond acceptors (Lipinski definition) is 0. The fourth-order valence-electron chi connectivity index (χ4n) is 1.55. The maximum absolute atomic E-state index is 2.14. The molecule has 0 heteroatoms. The van der Waals surface area contributed by atoms with Crippen LogP contribution in [0.15, 0.2) is 48.5 Å². The van der Waals surface area contributed by atoms with Crippen molar-refractivity contribution in [2.75, 3.05) is 0 Å². The second-order valence-electron chi connectivity index (χ2n) is 4.86. The van der Waals surface area contributed by atoms with Gasteiger partial charge in [-0.25, -0.2) is 0 Å². The van der Waals surface area contributed by atoms with Gasteiger partial charge in [0.15, 0.2) is 0 Å². The minimum Gasteiger partial charge on any atom is -0.0683 e. The third-order valence-corrected chi connectivity index (χ3v) is 2.62. The first-order chi connectivity index (χ1) is 10.2. The molecule has 0 radical (unpaired) electrons. The van der Waals surface area contributed by atoms with Gasteiger partial charge in [-0.15, -0.1) is 0 Å². The summed E-state index contributed by atoms with van der Waals surface area (Å²) in [7, 11) is 0. The Bertz CT molecular complexity index is 439. The van der Waals surface area contributed by atoms with Crippen molar-refractivity contribution < 1.29 is 0 Å². The maximum Gasteiger partial charge on any atom is -0.0256 e. The number of benzene rings is 2. The quantitative estimate of drug-likeness (QED) is 0.525. The lowest BCUT2D eigenvalue weighted by Crippen LogP contribution is -1.75. The van der Waals surface area contributed by atoms with Crippen molar-refractivity contribution in [3.8, 4) is 0 Å². The van der Waals surface area contributed by atoms with E-state index < -0.39 is 0 Å². The van der Waals surface area contributed by atoms with Gasteiger partial charge in [0.05, 0.1) is 0 Å². The smallest absolute Gasteiger partial charge is 0.0256 e. The molecule has 0 amide bonds. The van der Waals surface area contributed by atoms with Crippen LogP contribution in [0.3, 0.4) is 0 Å². The highest BCUT2D eigenvalue weighted by atomic mass is 13.9. The van der Waals surface area contributed by atoms with Crippen LogP contribution in [0.1, 0.15) is 56.4 Å². The van der Waals surface area contributed by atoms with Crippen molar-refractivity contribution in [1.82, 2.24) is 0 Å². The Balaban J connectivity index is 0.000000713. The lowest BCUT2D eigenvalue weighted by Gasteiger charge is -1.96. The Kier molecular flexibility index (Phi) is 10.9. The molecule has 114 valence electrons. The van der Waals surface area contributed by atoms with Crippen molar-refractivity contribution in [2.45, 2.75) is 48.0 Å². The molecule has 0 unspecified atom stereocenters. The summed E-state index contributed by atoms with van der Waals surface area (Å²) in [5.74, 6) is 0. The van der Waals surface area contributed by atoms with Crippen LogP contribution < -0.4 is 0 Å². The molecule has 0 fully saturated rings. The fraction of sp³-hybridized carbons (Fsp3) is 0.333. The first-order valence-corrected chi connectivity index (χ1v) is 7.97. The molecule has 0 aromatic heterocycles. The molecule has 2 rings (SSSR count). The zero-order valence-corrected chi connectivity index (χ0v) is 14.5. The van der Waals surface area contributed by atoms with Gasteiger partial charge in [0.25, 0.3) is 0 Å². The predicted molar refractivity (Wildman–Crippen MR) is 98.6 cm³/mol. The molecule has 0 aliphatic rings. The standard InChI is InChI=1S/C16H16.C3H8.C2H6/c1-13-3-7-15(8-4-13)11-12-16-9-5-14(2)6-10-16;1-3-2;1-2/h3-12H,1-2H3;3H2,1-2H3;1-2H3/b12-11+;;. The number of rotatable bonds is 2. The zero-order chi connectivity index (χ0) is 16.1. The van der Waals surface area contributed by atoms with E-state index in [2.05, 4.69) is 88.4 Å². The largest absolute Gasteiger partial charge is 0.0683 e. The Morgan fingerprint density at radius 1 is 0.619 bits per heavy atom.